The van der Waals surface area contributed by atoms with E-state index in [1.807, 2.05) is 0 Å². The lowest BCUT2D eigenvalue weighted by Crippen LogP contribution is -2.49. The van der Waals surface area contributed by atoms with Crippen molar-refractivity contribution in [3.8, 4) is 0 Å². The van der Waals surface area contributed by atoms with Crippen molar-refractivity contribution in [3.05, 3.63) is 0 Å². The molecule has 132 valence electrons. The van der Waals surface area contributed by atoms with Crippen molar-refractivity contribution in [1.29, 1.82) is 0 Å². The van der Waals surface area contributed by atoms with Crippen LogP contribution in [0.4, 0.5) is 13.2 Å². The predicted octanol–water partition coefficient (Wildman–Crippen LogP) is 1.34. The highest BCUT2D eigenvalue weighted by molar-refractivity contribution is 5.80. The Bertz CT molecular complexity index is 439. The Labute approximate surface area is 132 Å². The van der Waals surface area contributed by atoms with Gasteiger partial charge in [-0.15, -0.1) is 0 Å². The number of alkyl halides is 3. The molecule has 0 aromatic carbocycles. The molecule has 3 rings (SSSR count). The second kappa shape index (κ2) is 6.57. The van der Waals surface area contributed by atoms with Gasteiger partial charge in [0.25, 0.3) is 0 Å². The van der Waals surface area contributed by atoms with Crippen molar-refractivity contribution in [2.75, 3.05) is 26.4 Å². The van der Waals surface area contributed by atoms with Gasteiger partial charge in [-0.3, -0.25) is 4.79 Å². The Morgan fingerprint density at radius 2 is 2.04 bits per heavy atom. The minimum atomic E-state index is -4.63. The molecule has 2 aliphatic heterocycles. The molecule has 0 aromatic rings. The first-order valence-corrected chi connectivity index (χ1v) is 8.12. The van der Waals surface area contributed by atoms with E-state index >= 15 is 0 Å². The SMILES string of the molecule is O=C(C(CC1COCCO1)C(F)(F)F)N1CC[C@@H]2CC[C@@H](O)[C@@H]21. The van der Waals surface area contributed by atoms with E-state index < -0.39 is 42.7 Å². The van der Waals surface area contributed by atoms with E-state index in [9.17, 15) is 23.1 Å². The van der Waals surface area contributed by atoms with Crippen molar-refractivity contribution >= 4 is 5.91 Å². The van der Waals surface area contributed by atoms with Crippen LogP contribution in [0.3, 0.4) is 0 Å². The van der Waals surface area contributed by atoms with Crippen molar-refractivity contribution in [1.82, 2.24) is 4.90 Å². The highest BCUT2D eigenvalue weighted by Gasteiger charge is 2.53. The molecule has 3 aliphatic rings. The topological polar surface area (TPSA) is 59.0 Å². The van der Waals surface area contributed by atoms with Gasteiger partial charge in [0.2, 0.25) is 5.91 Å². The number of carbonyl (C=O) groups is 1. The summed E-state index contributed by atoms with van der Waals surface area (Å²) in [5.41, 5.74) is 0. The zero-order valence-electron chi connectivity index (χ0n) is 12.8. The van der Waals surface area contributed by atoms with Gasteiger partial charge in [0.05, 0.1) is 38.1 Å². The average molecular weight is 337 g/mol. The molecule has 0 spiro atoms. The number of hydrogen-bond donors (Lipinski definition) is 1. The van der Waals surface area contributed by atoms with Crippen molar-refractivity contribution < 1.29 is 32.5 Å². The molecule has 5 nitrogen and oxygen atoms in total. The van der Waals surface area contributed by atoms with E-state index in [0.29, 0.717) is 26.0 Å². The highest BCUT2D eigenvalue weighted by Crippen LogP contribution is 2.41. The van der Waals surface area contributed by atoms with Crippen LogP contribution in [-0.2, 0) is 14.3 Å². The molecule has 2 unspecified atom stereocenters. The van der Waals surface area contributed by atoms with Crippen molar-refractivity contribution in [2.45, 2.75) is 50.1 Å². The second-order valence-electron chi connectivity index (χ2n) is 6.61. The fraction of sp³-hybridized carbons (Fsp3) is 0.933. The summed E-state index contributed by atoms with van der Waals surface area (Å²) in [6.07, 6.45) is -4.49. The molecule has 1 saturated carbocycles. The monoisotopic (exact) mass is 337 g/mol. The maximum absolute atomic E-state index is 13.4. The molecule has 0 bridgehead atoms. The number of carbonyl (C=O) groups excluding carboxylic acids is 1. The van der Waals surface area contributed by atoms with Gasteiger partial charge < -0.3 is 19.5 Å². The molecule has 8 heteroatoms. The number of likely N-dealkylation sites (tertiary alicyclic amines) is 1. The van der Waals surface area contributed by atoms with Gasteiger partial charge in [-0.1, -0.05) is 0 Å². The Hall–Kier alpha value is -0.860. The van der Waals surface area contributed by atoms with E-state index in [0.717, 1.165) is 6.42 Å². The lowest BCUT2D eigenvalue weighted by molar-refractivity contribution is -0.202. The zero-order valence-corrected chi connectivity index (χ0v) is 12.8. The molecule has 1 aliphatic carbocycles. The first-order valence-electron chi connectivity index (χ1n) is 8.12. The lowest BCUT2D eigenvalue weighted by atomic mass is 9.97. The minimum absolute atomic E-state index is 0.0779. The van der Waals surface area contributed by atoms with E-state index in [1.54, 1.807) is 0 Å². The maximum Gasteiger partial charge on any atom is 0.400 e. The third-order valence-electron chi connectivity index (χ3n) is 5.17. The fourth-order valence-corrected chi connectivity index (χ4v) is 4.04. The number of ether oxygens (including phenoxy) is 2. The largest absolute Gasteiger partial charge is 0.400 e. The zero-order chi connectivity index (χ0) is 16.6. The number of halogens is 3. The molecule has 0 aromatic heterocycles. The van der Waals surface area contributed by atoms with E-state index in [1.165, 1.54) is 4.90 Å². The average Bonchev–Trinajstić information content (AvgIpc) is 3.08. The number of aliphatic hydroxyl groups excluding tert-OH is 1. The highest BCUT2D eigenvalue weighted by atomic mass is 19.4. The van der Waals surface area contributed by atoms with Gasteiger partial charge in [-0.05, 0) is 31.6 Å². The number of hydrogen-bond acceptors (Lipinski definition) is 4. The summed E-state index contributed by atoms with van der Waals surface area (Å²) in [5.74, 6) is -2.90. The van der Waals surface area contributed by atoms with Crippen LogP contribution in [0, 0.1) is 11.8 Å². The molecular formula is C15H22F3NO4. The number of aliphatic hydroxyl groups is 1. The third kappa shape index (κ3) is 3.49. The molecule has 1 amide bonds. The molecule has 23 heavy (non-hydrogen) atoms. The number of rotatable bonds is 3. The van der Waals surface area contributed by atoms with Gasteiger partial charge in [-0.25, -0.2) is 0 Å². The van der Waals surface area contributed by atoms with Crippen LogP contribution in [0.1, 0.15) is 25.7 Å². The lowest BCUT2D eigenvalue weighted by Gasteiger charge is -2.33. The summed E-state index contributed by atoms with van der Waals surface area (Å²) >= 11 is 0. The Morgan fingerprint density at radius 3 is 2.70 bits per heavy atom. The van der Waals surface area contributed by atoms with Crippen molar-refractivity contribution in [2.24, 2.45) is 11.8 Å². The molecule has 1 N–H and O–H groups in total. The molecule has 3 fully saturated rings. The smallest absolute Gasteiger partial charge is 0.391 e. The van der Waals surface area contributed by atoms with Gasteiger partial charge >= 0.3 is 6.18 Å². The summed E-state index contributed by atoms with van der Waals surface area (Å²) in [6, 6.07) is -0.462. The second-order valence-corrected chi connectivity index (χ2v) is 6.61. The molecule has 2 saturated heterocycles. The van der Waals surface area contributed by atoms with E-state index in [2.05, 4.69) is 0 Å². The molecule has 5 atom stereocenters. The Balaban J connectivity index is 1.72. The maximum atomic E-state index is 13.4. The molecular weight excluding hydrogens is 315 g/mol. The Morgan fingerprint density at radius 1 is 1.26 bits per heavy atom. The first kappa shape index (κ1) is 17.0. The third-order valence-corrected chi connectivity index (χ3v) is 5.17. The standard InChI is InChI=1S/C15H22F3NO4/c16-15(17,18)11(7-10-8-22-5-6-23-10)14(21)19-4-3-9-1-2-12(20)13(9)19/h9-13,20H,1-8H2/t9-,10?,11?,12+,13+/m0/s1. The Kier molecular flexibility index (Phi) is 4.85. The summed E-state index contributed by atoms with van der Waals surface area (Å²) < 4.78 is 50.6. The minimum Gasteiger partial charge on any atom is -0.391 e. The van der Waals surface area contributed by atoms with Crippen LogP contribution in [0.2, 0.25) is 0 Å². The predicted molar refractivity (Wildman–Crippen MR) is 73.6 cm³/mol. The van der Waals surface area contributed by atoms with Crippen LogP contribution in [0.5, 0.6) is 0 Å². The van der Waals surface area contributed by atoms with Crippen LogP contribution in [-0.4, -0.2) is 66.7 Å². The van der Waals surface area contributed by atoms with Gasteiger partial charge in [0, 0.05) is 6.54 Å². The number of amides is 1. The summed E-state index contributed by atoms with van der Waals surface area (Å²) in [6.45, 7) is 0.980. The normalized spacial score (nSPS) is 36.1. The van der Waals surface area contributed by atoms with Gasteiger partial charge in [-0.2, -0.15) is 13.2 Å². The van der Waals surface area contributed by atoms with Gasteiger partial charge in [0.1, 0.15) is 5.92 Å². The fourth-order valence-electron chi connectivity index (χ4n) is 4.04. The number of nitrogens with zero attached hydrogens (tertiary/aromatic N) is 1. The van der Waals surface area contributed by atoms with E-state index in [4.69, 9.17) is 9.47 Å². The van der Waals surface area contributed by atoms with E-state index in [-0.39, 0.29) is 19.1 Å². The number of fused-ring (bicyclic) bond motifs is 1. The first-order chi connectivity index (χ1) is 10.9. The quantitative estimate of drug-likeness (QED) is 0.844. The molecule has 2 heterocycles. The summed E-state index contributed by atoms with van der Waals surface area (Å²) in [5, 5.41) is 10.0. The van der Waals surface area contributed by atoms with Crippen molar-refractivity contribution in [3.63, 3.8) is 0 Å². The summed E-state index contributed by atoms with van der Waals surface area (Å²) in [7, 11) is 0. The van der Waals surface area contributed by atoms with Crippen LogP contribution < -0.4 is 0 Å². The van der Waals surface area contributed by atoms with Crippen LogP contribution >= 0.6 is 0 Å². The van der Waals surface area contributed by atoms with Crippen LogP contribution in [0.25, 0.3) is 0 Å². The molecule has 0 radical (unpaired) electrons. The van der Waals surface area contributed by atoms with Crippen LogP contribution in [0.15, 0.2) is 0 Å². The van der Waals surface area contributed by atoms with Gasteiger partial charge in [0.15, 0.2) is 0 Å². The summed E-state index contributed by atoms with van der Waals surface area (Å²) in [4.78, 5) is 13.8.